The van der Waals surface area contributed by atoms with E-state index in [0.717, 1.165) is 30.4 Å². The summed E-state index contributed by atoms with van der Waals surface area (Å²) >= 11 is 0. The van der Waals surface area contributed by atoms with Crippen LogP contribution in [0.25, 0.3) is 0 Å². The van der Waals surface area contributed by atoms with Crippen molar-refractivity contribution in [3.05, 3.63) is 47.0 Å². The molecule has 0 aliphatic carbocycles. The summed E-state index contributed by atoms with van der Waals surface area (Å²) in [5.41, 5.74) is 1.90. The third-order valence-corrected chi connectivity index (χ3v) is 5.92. The molecule has 0 bridgehead atoms. The Kier molecular flexibility index (Phi) is 10.8. The van der Waals surface area contributed by atoms with E-state index in [4.69, 9.17) is 23.7 Å². The molecule has 0 N–H and O–H groups in total. The van der Waals surface area contributed by atoms with Gasteiger partial charge in [0.15, 0.2) is 18.4 Å². The molecule has 40 heavy (non-hydrogen) atoms. The monoisotopic (exact) mass is 555 g/mol. The maximum Gasteiger partial charge on any atom is 0.378 e. The van der Waals surface area contributed by atoms with Gasteiger partial charge in [-0.15, -0.1) is 5.10 Å². The van der Waals surface area contributed by atoms with Crippen LogP contribution in [0.15, 0.2) is 24.3 Å². The van der Waals surface area contributed by atoms with Crippen molar-refractivity contribution in [3.63, 3.8) is 0 Å². The quantitative estimate of drug-likeness (QED) is 0.184. The Bertz CT molecular complexity index is 1280. The molecule has 1 fully saturated rings. The minimum atomic E-state index is -1.23. The Labute approximate surface area is 232 Å². The van der Waals surface area contributed by atoms with E-state index >= 15 is 0 Å². The standard InChI is InChI=1S/C28H33N3O9/c1-6-7-8-9-20-10-12-21(13-11-20)14-15-23-29-26(28(35)36-5)30-31(23)27-25(39-19(4)34)24(38-18(3)33)22(40-27)16-37-17(2)32/h10-13,22,24-25,27H,6-9,16H2,1-5H3/t22-,24-,25-,27-/m1/s1. The number of unbranched alkanes of at least 4 members (excludes halogenated alkanes) is 2. The first-order valence-electron chi connectivity index (χ1n) is 12.9. The van der Waals surface area contributed by atoms with Gasteiger partial charge >= 0.3 is 23.9 Å². The van der Waals surface area contributed by atoms with Crippen molar-refractivity contribution >= 4 is 23.9 Å². The molecule has 1 aromatic carbocycles. The van der Waals surface area contributed by atoms with E-state index in [9.17, 15) is 19.2 Å². The summed E-state index contributed by atoms with van der Waals surface area (Å²) in [5, 5.41) is 4.20. The molecule has 12 heteroatoms. The highest BCUT2D eigenvalue weighted by atomic mass is 16.7. The van der Waals surface area contributed by atoms with Gasteiger partial charge in [-0.05, 0) is 36.5 Å². The lowest BCUT2D eigenvalue weighted by molar-refractivity contribution is -0.166. The molecule has 1 aliphatic heterocycles. The number of hydrogen-bond donors (Lipinski definition) is 0. The number of methoxy groups -OCH3 is 1. The molecule has 0 radical (unpaired) electrons. The zero-order valence-electron chi connectivity index (χ0n) is 23.2. The summed E-state index contributed by atoms with van der Waals surface area (Å²) in [6.07, 6.45) is -0.232. The maximum atomic E-state index is 12.3. The van der Waals surface area contributed by atoms with E-state index in [1.54, 1.807) is 0 Å². The average Bonchev–Trinajstić information content (AvgIpc) is 3.47. The molecule has 4 atom stereocenters. The number of ether oxygens (including phenoxy) is 5. The first-order valence-corrected chi connectivity index (χ1v) is 12.9. The van der Waals surface area contributed by atoms with Crippen LogP contribution in [0.1, 0.15) is 80.8 Å². The molecular formula is C28H33N3O9. The topological polar surface area (TPSA) is 145 Å². The van der Waals surface area contributed by atoms with Crippen LogP contribution >= 0.6 is 0 Å². The van der Waals surface area contributed by atoms with Crippen LogP contribution in [0.3, 0.4) is 0 Å². The number of aromatic nitrogens is 3. The first kappa shape index (κ1) is 30.3. The highest BCUT2D eigenvalue weighted by molar-refractivity contribution is 5.85. The molecule has 1 aromatic heterocycles. The number of rotatable bonds is 10. The van der Waals surface area contributed by atoms with Crippen molar-refractivity contribution in [2.75, 3.05) is 13.7 Å². The highest BCUT2D eigenvalue weighted by Gasteiger charge is 2.51. The Morgan fingerprint density at radius 1 is 0.950 bits per heavy atom. The van der Waals surface area contributed by atoms with Crippen LogP contribution in [-0.4, -0.2) is 70.7 Å². The number of hydrogen-bond acceptors (Lipinski definition) is 11. The van der Waals surface area contributed by atoms with Crippen molar-refractivity contribution < 1.29 is 42.9 Å². The Balaban J connectivity index is 1.99. The van der Waals surface area contributed by atoms with Crippen molar-refractivity contribution in [1.82, 2.24) is 14.8 Å². The average molecular weight is 556 g/mol. The summed E-state index contributed by atoms with van der Waals surface area (Å²) in [7, 11) is 1.18. The van der Waals surface area contributed by atoms with Crippen LogP contribution in [0, 0.1) is 11.8 Å². The number of carbonyl (C=O) groups excluding carboxylic acids is 4. The number of benzene rings is 1. The summed E-state index contributed by atoms with van der Waals surface area (Å²) in [6.45, 7) is 5.42. The number of esters is 4. The predicted molar refractivity (Wildman–Crippen MR) is 139 cm³/mol. The molecule has 1 saturated heterocycles. The molecule has 3 rings (SSSR count). The third kappa shape index (κ3) is 8.13. The van der Waals surface area contributed by atoms with Crippen molar-refractivity contribution in [3.8, 4) is 11.8 Å². The van der Waals surface area contributed by atoms with Crippen LogP contribution in [0.4, 0.5) is 0 Å². The lowest BCUT2D eigenvalue weighted by Crippen LogP contribution is -2.40. The van der Waals surface area contributed by atoms with Crippen LogP contribution in [-0.2, 0) is 44.5 Å². The molecule has 2 heterocycles. The zero-order valence-corrected chi connectivity index (χ0v) is 23.2. The van der Waals surface area contributed by atoms with Crippen molar-refractivity contribution in [1.29, 1.82) is 0 Å². The molecule has 0 amide bonds. The summed E-state index contributed by atoms with van der Waals surface area (Å²) in [6, 6.07) is 7.78. The van der Waals surface area contributed by atoms with Crippen LogP contribution in [0.5, 0.6) is 0 Å². The van der Waals surface area contributed by atoms with E-state index in [-0.39, 0.29) is 18.3 Å². The van der Waals surface area contributed by atoms with Gasteiger partial charge < -0.3 is 23.7 Å². The van der Waals surface area contributed by atoms with E-state index in [1.165, 1.54) is 33.4 Å². The fourth-order valence-corrected chi connectivity index (χ4v) is 4.12. The molecular weight excluding hydrogens is 522 g/mol. The van der Waals surface area contributed by atoms with Crippen molar-refractivity contribution in [2.45, 2.75) is 77.9 Å². The van der Waals surface area contributed by atoms with Crippen LogP contribution in [0.2, 0.25) is 0 Å². The van der Waals surface area contributed by atoms with Gasteiger partial charge in [-0.3, -0.25) is 14.4 Å². The summed E-state index contributed by atoms with van der Waals surface area (Å²) in [5.74, 6) is 2.80. The van der Waals surface area contributed by atoms with Crippen molar-refractivity contribution in [2.24, 2.45) is 0 Å². The minimum absolute atomic E-state index is 0.00397. The Morgan fingerprint density at radius 3 is 2.23 bits per heavy atom. The molecule has 0 unspecified atom stereocenters. The van der Waals surface area contributed by atoms with Gasteiger partial charge in [0.05, 0.1) is 7.11 Å². The third-order valence-electron chi connectivity index (χ3n) is 5.92. The second-order valence-corrected chi connectivity index (χ2v) is 9.11. The van der Waals surface area contributed by atoms with Gasteiger partial charge in [-0.1, -0.05) is 37.8 Å². The van der Waals surface area contributed by atoms with Gasteiger partial charge in [-0.25, -0.2) is 9.48 Å². The van der Waals surface area contributed by atoms with E-state index < -0.39 is 48.4 Å². The Morgan fingerprint density at radius 2 is 1.62 bits per heavy atom. The van der Waals surface area contributed by atoms with E-state index in [1.807, 2.05) is 24.3 Å². The molecule has 0 spiro atoms. The molecule has 2 aromatic rings. The lowest BCUT2D eigenvalue weighted by Gasteiger charge is -2.23. The largest absolute Gasteiger partial charge is 0.463 e. The highest BCUT2D eigenvalue weighted by Crippen LogP contribution is 2.34. The van der Waals surface area contributed by atoms with Gasteiger partial charge in [-0.2, -0.15) is 4.98 Å². The van der Waals surface area contributed by atoms with E-state index in [2.05, 4.69) is 28.8 Å². The molecule has 12 nitrogen and oxygen atoms in total. The smallest absolute Gasteiger partial charge is 0.378 e. The molecule has 0 saturated carbocycles. The fourth-order valence-electron chi connectivity index (χ4n) is 4.12. The number of aryl methyl sites for hydroxylation is 1. The van der Waals surface area contributed by atoms with Gasteiger partial charge in [0, 0.05) is 26.3 Å². The SMILES string of the molecule is CCCCCc1ccc(C#Cc2nc(C(=O)OC)nn2[C@@H]2O[C@H](COC(C)=O)[C@@H](OC(C)=O)[C@H]2OC(C)=O)cc1. The first-order chi connectivity index (χ1) is 19.1. The van der Waals surface area contributed by atoms with Crippen LogP contribution < -0.4 is 0 Å². The van der Waals surface area contributed by atoms with Gasteiger partial charge in [0.25, 0.3) is 5.82 Å². The Hall–Kier alpha value is -4.24. The summed E-state index contributed by atoms with van der Waals surface area (Å²) in [4.78, 5) is 51.8. The molecule has 1 aliphatic rings. The fraction of sp³-hybridized carbons (Fsp3) is 0.500. The lowest BCUT2D eigenvalue weighted by atomic mass is 10.1. The molecule has 214 valence electrons. The van der Waals surface area contributed by atoms with E-state index in [0.29, 0.717) is 5.56 Å². The van der Waals surface area contributed by atoms with Gasteiger partial charge in [0.1, 0.15) is 12.7 Å². The van der Waals surface area contributed by atoms with Gasteiger partial charge in [0.2, 0.25) is 5.82 Å². The number of nitrogens with zero attached hydrogens (tertiary/aromatic N) is 3. The summed E-state index contributed by atoms with van der Waals surface area (Å²) < 4.78 is 27.9. The normalized spacial score (nSPS) is 19.7. The second-order valence-electron chi connectivity index (χ2n) is 9.11. The maximum absolute atomic E-state index is 12.3. The second kappa shape index (κ2) is 14.2. The minimum Gasteiger partial charge on any atom is -0.463 e. The zero-order chi connectivity index (χ0) is 29.2. The number of carbonyl (C=O) groups is 4. The predicted octanol–water partition coefficient (Wildman–Crippen LogP) is 2.52.